The predicted molar refractivity (Wildman–Crippen MR) is 106 cm³/mol. The molecule has 1 aromatic heterocycles. The Hall–Kier alpha value is -2.22. The van der Waals surface area contributed by atoms with E-state index in [0.29, 0.717) is 5.69 Å². The number of anilines is 2. The molecule has 0 amide bonds. The lowest BCUT2D eigenvalue weighted by molar-refractivity contribution is 0.579. The minimum Gasteiger partial charge on any atom is -0.462 e. The van der Waals surface area contributed by atoms with Gasteiger partial charge in [0.25, 0.3) is 10.0 Å². The van der Waals surface area contributed by atoms with Crippen LogP contribution < -0.4 is 14.9 Å². The number of benzene rings is 2. The van der Waals surface area contributed by atoms with Gasteiger partial charge in [0.05, 0.1) is 22.5 Å². The van der Waals surface area contributed by atoms with Gasteiger partial charge in [-0.25, -0.2) is 8.42 Å². The van der Waals surface area contributed by atoms with Crippen LogP contribution in [0.3, 0.4) is 0 Å². The Kier molecular flexibility index (Phi) is 5.41. The Morgan fingerprint density at radius 3 is 2.50 bits per heavy atom. The van der Waals surface area contributed by atoms with Crippen LogP contribution in [0.25, 0.3) is 11.0 Å². The average Bonchev–Trinajstić information content (AvgIpc) is 3.11. The van der Waals surface area contributed by atoms with Gasteiger partial charge in [0.2, 0.25) is 0 Å². The molecule has 1 saturated heterocycles. The Labute approximate surface area is 158 Å². The first-order valence-corrected chi connectivity index (χ1v) is 9.67. The van der Waals surface area contributed by atoms with E-state index in [1.54, 1.807) is 42.7 Å². The third-order valence-electron chi connectivity index (χ3n) is 4.29. The Bertz CT molecular complexity index is 983. The monoisotopic (exact) mass is 393 g/mol. The molecule has 0 bridgehead atoms. The van der Waals surface area contributed by atoms with Gasteiger partial charge in [0.1, 0.15) is 0 Å². The van der Waals surface area contributed by atoms with Crippen LogP contribution in [-0.2, 0) is 10.0 Å². The summed E-state index contributed by atoms with van der Waals surface area (Å²) >= 11 is 0. The van der Waals surface area contributed by atoms with Crippen LogP contribution in [-0.4, -0.2) is 34.6 Å². The summed E-state index contributed by atoms with van der Waals surface area (Å²) in [6.07, 6.45) is 1.63. The summed E-state index contributed by atoms with van der Waals surface area (Å²) in [6, 6.07) is 13.9. The molecule has 2 heterocycles. The second-order valence-corrected chi connectivity index (χ2v) is 7.67. The number of halogens is 1. The summed E-state index contributed by atoms with van der Waals surface area (Å²) in [5.74, 6) is 0. The normalized spacial score (nSPS) is 14.8. The second kappa shape index (κ2) is 7.57. The summed E-state index contributed by atoms with van der Waals surface area (Å²) in [6.45, 7) is 3.49. The van der Waals surface area contributed by atoms with Crippen molar-refractivity contribution >= 4 is 44.8 Å². The fourth-order valence-electron chi connectivity index (χ4n) is 3.08. The molecule has 6 nitrogen and oxygen atoms in total. The van der Waals surface area contributed by atoms with Gasteiger partial charge in [-0.3, -0.25) is 4.72 Å². The van der Waals surface area contributed by atoms with Crippen LogP contribution >= 0.6 is 12.4 Å². The molecular formula is C18H20ClN3O3S. The highest BCUT2D eigenvalue weighted by atomic mass is 35.5. The van der Waals surface area contributed by atoms with E-state index >= 15 is 0 Å². The fraction of sp³-hybridized carbons (Fsp3) is 0.222. The molecule has 3 aromatic rings. The van der Waals surface area contributed by atoms with Gasteiger partial charge in [0.15, 0.2) is 5.58 Å². The number of furan rings is 1. The molecule has 0 atom stereocenters. The van der Waals surface area contributed by atoms with Crippen molar-refractivity contribution in [1.29, 1.82) is 0 Å². The van der Waals surface area contributed by atoms with E-state index in [2.05, 4.69) is 14.9 Å². The number of hydrogen-bond donors (Lipinski definition) is 2. The third kappa shape index (κ3) is 3.65. The highest BCUT2D eigenvalue weighted by molar-refractivity contribution is 7.92. The molecule has 1 aliphatic heterocycles. The van der Waals surface area contributed by atoms with Crippen molar-refractivity contribution in [1.82, 2.24) is 5.32 Å². The SMILES string of the molecule is Cl.O=S(=O)(Nc1cc(N2CCNCC2)c2occc2c1)c1ccccc1. The average molecular weight is 394 g/mol. The molecule has 2 aromatic carbocycles. The summed E-state index contributed by atoms with van der Waals surface area (Å²) in [5.41, 5.74) is 2.23. The smallest absolute Gasteiger partial charge is 0.261 e. The molecule has 138 valence electrons. The van der Waals surface area contributed by atoms with Crippen molar-refractivity contribution in [2.24, 2.45) is 0 Å². The van der Waals surface area contributed by atoms with Crippen LogP contribution in [0.15, 0.2) is 64.1 Å². The van der Waals surface area contributed by atoms with Gasteiger partial charge in [-0.05, 0) is 30.3 Å². The standard InChI is InChI=1S/C18H19N3O3S.ClH/c22-25(23,16-4-2-1-3-5-16)20-15-12-14-6-11-24-18(14)17(13-15)21-9-7-19-8-10-21;/h1-6,11-13,19-20H,7-10H2;1H. The summed E-state index contributed by atoms with van der Waals surface area (Å²) in [4.78, 5) is 2.45. The molecule has 26 heavy (non-hydrogen) atoms. The number of fused-ring (bicyclic) bond motifs is 1. The lowest BCUT2D eigenvalue weighted by Gasteiger charge is -2.29. The molecule has 1 aliphatic rings. The molecule has 0 spiro atoms. The summed E-state index contributed by atoms with van der Waals surface area (Å²) in [7, 11) is -3.62. The van der Waals surface area contributed by atoms with E-state index in [1.807, 2.05) is 12.1 Å². The van der Waals surface area contributed by atoms with Gasteiger partial charge in [-0.2, -0.15) is 0 Å². The first kappa shape index (κ1) is 18.6. The Morgan fingerprint density at radius 2 is 1.77 bits per heavy atom. The molecule has 2 N–H and O–H groups in total. The van der Waals surface area contributed by atoms with E-state index in [0.717, 1.165) is 42.8 Å². The Balaban J connectivity index is 0.00000196. The number of rotatable bonds is 4. The van der Waals surface area contributed by atoms with Gasteiger partial charge in [-0.1, -0.05) is 18.2 Å². The Morgan fingerprint density at radius 1 is 1.04 bits per heavy atom. The van der Waals surface area contributed by atoms with Gasteiger partial charge >= 0.3 is 0 Å². The number of nitrogens with one attached hydrogen (secondary N) is 2. The predicted octanol–water partition coefficient (Wildman–Crippen LogP) is 3.07. The molecule has 0 saturated carbocycles. The highest BCUT2D eigenvalue weighted by Gasteiger charge is 2.19. The van der Waals surface area contributed by atoms with Crippen molar-refractivity contribution in [3.05, 3.63) is 54.8 Å². The number of hydrogen-bond acceptors (Lipinski definition) is 5. The largest absolute Gasteiger partial charge is 0.462 e. The van der Waals surface area contributed by atoms with Crippen LogP contribution in [0.2, 0.25) is 0 Å². The van der Waals surface area contributed by atoms with Crippen molar-refractivity contribution in [2.45, 2.75) is 4.90 Å². The maximum Gasteiger partial charge on any atom is 0.261 e. The fourth-order valence-corrected chi connectivity index (χ4v) is 4.14. The molecular weight excluding hydrogens is 374 g/mol. The van der Waals surface area contributed by atoms with E-state index in [9.17, 15) is 8.42 Å². The van der Waals surface area contributed by atoms with E-state index in [4.69, 9.17) is 4.42 Å². The highest BCUT2D eigenvalue weighted by Crippen LogP contribution is 2.33. The number of sulfonamides is 1. The lowest BCUT2D eigenvalue weighted by atomic mass is 10.2. The summed E-state index contributed by atoms with van der Waals surface area (Å²) in [5, 5.41) is 4.19. The molecule has 1 fully saturated rings. The topological polar surface area (TPSA) is 74.6 Å². The lowest BCUT2D eigenvalue weighted by Crippen LogP contribution is -2.43. The number of piperazine rings is 1. The van der Waals surface area contributed by atoms with Crippen LogP contribution in [0.1, 0.15) is 0 Å². The van der Waals surface area contributed by atoms with Crippen LogP contribution in [0.5, 0.6) is 0 Å². The van der Waals surface area contributed by atoms with Crippen molar-refractivity contribution in [3.8, 4) is 0 Å². The minimum atomic E-state index is -3.62. The van der Waals surface area contributed by atoms with Gasteiger partial charge in [-0.15, -0.1) is 12.4 Å². The van der Waals surface area contributed by atoms with Gasteiger partial charge < -0.3 is 14.6 Å². The zero-order chi connectivity index (χ0) is 17.3. The van der Waals surface area contributed by atoms with E-state index < -0.39 is 10.0 Å². The minimum absolute atomic E-state index is 0. The molecule has 4 rings (SSSR count). The van der Waals surface area contributed by atoms with Crippen molar-refractivity contribution < 1.29 is 12.8 Å². The van der Waals surface area contributed by atoms with Crippen molar-refractivity contribution in [3.63, 3.8) is 0 Å². The van der Waals surface area contributed by atoms with Crippen molar-refractivity contribution in [2.75, 3.05) is 35.8 Å². The summed E-state index contributed by atoms with van der Waals surface area (Å²) < 4.78 is 33.5. The molecule has 0 radical (unpaired) electrons. The zero-order valence-corrected chi connectivity index (χ0v) is 15.6. The first-order valence-electron chi connectivity index (χ1n) is 8.18. The van der Waals surface area contributed by atoms with Gasteiger partial charge in [0, 0.05) is 31.6 Å². The third-order valence-corrected chi connectivity index (χ3v) is 5.69. The first-order chi connectivity index (χ1) is 12.1. The number of nitrogens with zero attached hydrogens (tertiary/aromatic N) is 1. The van der Waals surface area contributed by atoms with Crippen LogP contribution in [0.4, 0.5) is 11.4 Å². The maximum atomic E-state index is 12.6. The zero-order valence-electron chi connectivity index (χ0n) is 14.0. The van der Waals surface area contributed by atoms with Crippen LogP contribution in [0, 0.1) is 0 Å². The quantitative estimate of drug-likeness (QED) is 0.712. The molecule has 8 heteroatoms. The van der Waals surface area contributed by atoms with E-state index in [-0.39, 0.29) is 17.3 Å². The maximum absolute atomic E-state index is 12.6. The molecule has 0 aliphatic carbocycles. The van der Waals surface area contributed by atoms with E-state index in [1.165, 1.54) is 0 Å². The molecule has 0 unspecified atom stereocenters. The second-order valence-electron chi connectivity index (χ2n) is 5.99.